The predicted molar refractivity (Wildman–Crippen MR) is 142 cm³/mol. The Morgan fingerprint density at radius 1 is 1.08 bits per heavy atom. The van der Waals surface area contributed by atoms with E-state index in [1.54, 1.807) is 21.5 Å². The van der Waals surface area contributed by atoms with E-state index in [4.69, 9.17) is 9.84 Å². The van der Waals surface area contributed by atoms with Crippen LogP contribution in [0.15, 0.2) is 53.3 Å². The Labute approximate surface area is 214 Å². The quantitative estimate of drug-likeness (QED) is 0.417. The Hall–Kier alpha value is -4.14. The molecule has 0 spiro atoms. The number of nitrogens with zero attached hydrogens (tertiary/aromatic N) is 3. The number of carbonyl (C=O) groups is 2. The minimum Gasteiger partial charge on any atom is -0.444 e. The molecule has 2 N–H and O–H groups in total. The third-order valence-corrected chi connectivity index (χ3v) is 6.56. The number of fused-ring (bicyclic) bond motifs is 3. The maximum absolute atomic E-state index is 13.0. The Bertz CT molecular complexity index is 1550. The molecule has 2 aromatic carbocycles. The van der Waals surface area contributed by atoms with Gasteiger partial charge in [-0.05, 0) is 64.8 Å². The van der Waals surface area contributed by atoms with Crippen molar-refractivity contribution in [1.29, 1.82) is 0 Å². The number of H-pyrrole nitrogens is 1. The molecule has 1 aliphatic rings. The number of likely N-dealkylation sites (tertiary alicyclic amines) is 1. The zero-order chi connectivity index (χ0) is 26.3. The van der Waals surface area contributed by atoms with Crippen molar-refractivity contribution >= 4 is 34.2 Å². The first-order valence-electron chi connectivity index (χ1n) is 12.5. The number of ether oxygens (including phenoxy) is 1. The molecule has 9 heteroatoms. The molecular formula is C28H31N5O4. The summed E-state index contributed by atoms with van der Waals surface area (Å²) in [4.78, 5) is 42.8. The van der Waals surface area contributed by atoms with Gasteiger partial charge in [0.1, 0.15) is 11.2 Å². The van der Waals surface area contributed by atoms with Gasteiger partial charge in [0.2, 0.25) is 0 Å². The van der Waals surface area contributed by atoms with Crippen molar-refractivity contribution < 1.29 is 14.3 Å². The van der Waals surface area contributed by atoms with Gasteiger partial charge in [-0.3, -0.25) is 9.59 Å². The summed E-state index contributed by atoms with van der Waals surface area (Å²) in [7, 11) is 0. The van der Waals surface area contributed by atoms with Gasteiger partial charge in [-0.15, -0.1) is 0 Å². The average molecular weight is 502 g/mol. The molecule has 0 bridgehead atoms. The van der Waals surface area contributed by atoms with Gasteiger partial charge in [0.05, 0.1) is 22.3 Å². The van der Waals surface area contributed by atoms with Crippen LogP contribution in [0.3, 0.4) is 0 Å². The van der Waals surface area contributed by atoms with Crippen LogP contribution in [-0.2, 0) is 4.74 Å². The van der Waals surface area contributed by atoms with Crippen LogP contribution in [0.1, 0.15) is 61.1 Å². The van der Waals surface area contributed by atoms with E-state index in [2.05, 4.69) is 10.3 Å². The molecule has 0 saturated carbocycles. The molecule has 2 amide bonds. The lowest BCUT2D eigenvalue weighted by Gasteiger charge is -2.33. The van der Waals surface area contributed by atoms with Crippen molar-refractivity contribution in [2.24, 2.45) is 0 Å². The monoisotopic (exact) mass is 501 g/mol. The molecule has 9 nitrogen and oxygen atoms in total. The number of rotatable bonds is 3. The number of aryl methyl sites for hydroxylation is 1. The Balaban J connectivity index is 1.46. The number of aromatic amines is 1. The molecule has 4 aromatic rings. The van der Waals surface area contributed by atoms with Gasteiger partial charge < -0.3 is 19.9 Å². The highest BCUT2D eigenvalue weighted by Crippen LogP contribution is 2.32. The average Bonchev–Trinajstić information content (AvgIpc) is 3.22. The number of aromatic nitrogens is 3. The summed E-state index contributed by atoms with van der Waals surface area (Å²) in [5, 5.41) is 8.44. The second-order valence-corrected chi connectivity index (χ2v) is 10.6. The molecule has 1 fully saturated rings. The van der Waals surface area contributed by atoms with Crippen LogP contribution in [0.4, 0.5) is 10.5 Å². The van der Waals surface area contributed by atoms with Crippen molar-refractivity contribution in [3.05, 3.63) is 75.7 Å². The first-order valence-corrected chi connectivity index (χ1v) is 12.5. The molecule has 1 saturated heterocycles. The standard InChI is InChI=1S/C28H31N5O4/c1-17-7-5-8-19(15-17)26(35)29-20-9-6-10-21-24(20)25-30-23(34)16-22(33(25)31-21)18-11-13-32(14-12-18)27(36)37-28(2,3)4/h5-10,15-16,18H,11-14H2,1-4H3,(H,29,35)(H,30,34). The molecule has 37 heavy (non-hydrogen) atoms. The Morgan fingerprint density at radius 3 is 2.51 bits per heavy atom. The van der Waals surface area contributed by atoms with E-state index in [0.29, 0.717) is 53.7 Å². The minimum absolute atomic E-state index is 0.0446. The molecule has 0 atom stereocenters. The first kappa shape index (κ1) is 24.5. The SMILES string of the molecule is Cc1cccc(C(=O)Nc2cccc3nn4c(C5CCN(C(=O)OC(C)(C)C)CC5)cc(=O)[nH]c4c23)c1. The highest BCUT2D eigenvalue weighted by atomic mass is 16.6. The summed E-state index contributed by atoms with van der Waals surface area (Å²) in [6, 6.07) is 14.5. The maximum atomic E-state index is 13.0. The largest absolute Gasteiger partial charge is 0.444 e. The molecule has 0 unspecified atom stereocenters. The fourth-order valence-corrected chi connectivity index (χ4v) is 4.85. The summed E-state index contributed by atoms with van der Waals surface area (Å²) >= 11 is 0. The Kier molecular flexibility index (Phi) is 6.23. The van der Waals surface area contributed by atoms with Crippen LogP contribution in [-0.4, -0.2) is 50.2 Å². The van der Waals surface area contributed by atoms with E-state index in [9.17, 15) is 14.4 Å². The minimum atomic E-state index is -0.547. The smallest absolute Gasteiger partial charge is 0.410 e. The molecular weight excluding hydrogens is 470 g/mol. The van der Waals surface area contributed by atoms with Gasteiger partial charge >= 0.3 is 6.09 Å². The van der Waals surface area contributed by atoms with Crippen LogP contribution < -0.4 is 10.9 Å². The number of piperidine rings is 1. The summed E-state index contributed by atoms with van der Waals surface area (Å²) in [6.07, 6.45) is 1.05. The predicted octanol–water partition coefficient (Wildman–Crippen LogP) is 4.85. The van der Waals surface area contributed by atoms with Crippen molar-refractivity contribution in [2.45, 2.75) is 52.1 Å². The second kappa shape index (κ2) is 9.38. The van der Waals surface area contributed by atoms with Gasteiger partial charge in [-0.2, -0.15) is 5.10 Å². The number of hydrogen-bond donors (Lipinski definition) is 2. The van der Waals surface area contributed by atoms with E-state index < -0.39 is 5.60 Å². The summed E-state index contributed by atoms with van der Waals surface area (Å²) in [6.45, 7) is 8.56. The molecule has 5 rings (SSSR count). The van der Waals surface area contributed by atoms with E-state index in [1.165, 1.54) is 0 Å². The van der Waals surface area contributed by atoms with Gasteiger partial charge in [0.15, 0.2) is 0 Å². The number of amides is 2. The number of nitrogens with one attached hydrogen (secondary N) is 2. The van der Waals surface area contributed by atoms with Crippen molar-refractivity contribution in [1.82, 2.24) is 19.5 Å². The highest BCUT2D eigenvalue weighted by Gasteiger charge is 2.29. The summed E-state index contributed by atoms with van der Waals surface area (Å²) in [5.41, 5.74) is 3.32. The van der Waals surface area contributed by atoms with Crippen LogP contribution >= 0.6 is 0 Å². The zero-order valence-electron chi connectivity index (χ0n) is 21.5. The summed E-state index contributed by atoms with van der Waals surface area (Å²) in [5.74, 6) is -0.188. The molecule has 192 valence electrons. The van der Waals surface area contributed by atoms with E-state index in [0.717, 1.165) is 11.3 Å². The first-order chi connectivity index (χ1) is 17.6. The third-order valence-electron chi connectivity index (χ3n) is 6.56. The maximum Gasteiger partial charge on any atom is 0.410 e. The summed E-state index contributed by atoms with van der Waals surface area (Å²) < 4.78 is 7.28. The molecule has 0 radical (unpaired) electrons. The fourth-order valence-electron chi connectivity index (χ4n) is 4.85. The zero-order valence-corrected chi connectivity index (χ0v) is 21.5. The third kappa shape index (κ3) is 5.07. The lowest BCUT2D eigenvalue weighted by Crippen LogP contribution is -2.41. The van der Waals surface area contributed by atoms with Crippen LogP contribution in [0.2, 0.25) is 0 Å². The highest BCUT2D eigenvalue weighted by molar-refractivity contribution is 6.11. The van der Waals surface area contributed by atoms with Crippen molar-refractivity contribution in [2.75, 3.05) is 18.4 Å². The number of carbonyl (C=O) groups excluding carboxylic acids is 2. The van der Waals surface area contributed by atoms with E-state index >= 15 is 0 Å². The number of anilines is 1. The van der Waals surface area contributed by atoms with E-state index in [1.807, 2.05) is 64.1 Å². The van der Waals surface area contributed by atoms with Crippen LogP contribution in [0.5, 0.6) is 0 Å². The van der Waals surface area contributed by atoms with Gasteiger partial charge in [-0.25, -0.2) is 9.31 Å². The van der Waals surface area contributed by atoms with Gasteiger partial charge in [-0.1, -0.05) is 23.8 Å². The second-order valence-electron chi connectivity index (χ2n) is 10.6. The number of benzene rings is 2. The lowest BCUT2D eigenvalue weighted by molar-refractivity contribution is 0.0203. The normalized spacial score (nSPS) is 14.8. The molecule has 2 aromatic heterocycles. The van der Waals surface area contributed by atoms with E-state index in [-0.39, 0.29) is 23.5 Å². The lowest BCUT2D eigenvalue weighted by atomic mass is 9.93. The fraction of sp³-hybridized carbons (Fsp3) is 0.357. The van der Waals surface area contributed by atoms with Gasteiger partial charge in [0.25, 0.3) is 11.5 Å². The topological polar surface area (TPSA) is 109 Å². The van der Waals surface area contributed by atoms with Crippen LogP contribution in [0, 0.1) is 6.92 Å². The molecule has 3 heterocycles. The number of hydrogen-bond acceptors (Lipinski definition) is 5. The molecule has 0 aliphatic carbocycles. The van der Waals surface area contributed by atoms with Crippen LogP contribution in [0.25, 0.3) is 16.6 Å². The van der Waals surface area contributed by atoms with Gasteiger partial charge in [0, 0.05) is 30.6 Å². The van der Waals surface area contributed by atoms with Crippen molar-refractivity contribution in [3.63, 3.8) is 0 Å². The molecule has 1 aliphatic heterocycles. The van der Waals surface area contributed by atoms with Crippen molar-refractivity contribution in [3.8, 4) is 0 Å². The Morgan fingerprint density at radius 2 is 1.81 bits per heavy atom.